The molecule has 5 nitrogen and oxygen atoms in total. The smallest absolute Gasteiger partial charge is 0.244 e. The highest BCUT2D eigenvalue weighted by atomic mass is 35.5. The molecule has 1 fully saturated rings. The lowest BCUT2D eigenvalue weighted by Crippen LogP contribution is -2.49. The highest BCUT2D eigenvalue weighted by molar-refractivity contribution is 6.30. The van der Waals surface area contributed by atoms with E-state index in [1.807, 2.05) is 24.3 Å². The van der Waals surface area contributed by atoms with Gasteiger partial charge >= 0.3 is 0 Å². The minimum absolute atomic E-state index is 0.471. The molecule has 1 aliphatic rings. The van der Waals surface area contributed by atoms with Gasteiger partial charge in [0.1, 0.15) is 5.82 Å². The van der Waals surface area contributed by atoms with Crippen molar-refractivity contribution in [3.63, 3.8) is 0 Å². The molecule has 1 aromatic heterocycles. The highest BCUT2D eigenvalue weighted by Gasteiger charge is 2.19. The molecule has 0 radical (unpaired) electrons. The van der Waals surface area contributed by atoms with E-state index in [1.165, 1.54) is 0 Å². The molecular weight excluding hydrogens is 274 g/mol. The molecule has 1 atom stereocenters. The number of benzene rings is 1. The number of hydrogen-bond donors (Lipinski definition) is 2. The number of rotatable bonds is 3. The molecule has 1 saturated heterocycles. The van der Waals surface area contributed by atoms with Gasteiger partial charge in [0.2, 0.25) is 5.95 Å². The SMILES string of the molecule is C[C@H]1CN(c2n[nH]c(Cc3cccc(Cl)c3)n2)CCN1. The van der Waals surface area contributed by atoms with Crippen molar-refractivity contribution in [3.05, 3.63) is 40.7 Å². The normalized spacial score (nSPS) is 19.3. The van der Waals surface area contributed by atoms with E-state index >= 15 is 0 Å². The molecule has 0 bridgehead atoms. The molecule has 1 aliphatic heterocycles. The number of hydrogen-bond acceptors (Lipinski definition) is 4. The Bertz CT molecular complexity index is 582. The first-order chi connectivity index (χ1) is 9.70. The molecule has 0 spiro atoms. The Hall–Kier alpha value is -1.59. The third kappa shape index (κ3) is 3.11. The van der Waals surface area contributed by atoms with Gasteiger partial charge in [-0.3, -0.25) is 5.10 Å². The second-order valence-electron chi connectivity index (χ2n) is 5.19. The average Bonchev–Trinajstić information content (AvgIpc) is 2.87. The van der Waals surface area contributed by atoms with Crippen molar-refractivity contribution in [1.82, 2.24) is 20.5 Å². The summed E-state index contributed by atoms with van der Waals surface area (Å²) in [5.41, 5.74) is 1.13. The van der Waals surface area contributed by atoms with E-state index in [1.54, 1.807) is 0 Å². The molecule has 0 aliphatic carbocycles. The Morgan fingerprint density at radius 1 is 1.45 bits per heavy atom. The third-order valence-electron chi connectivity index (χ3n) is 3.43. The monoisotopic (exact) mass is 291 g/mol. The van der Waals surface area contributed by atoms with Crippen LogP contribution in [0.15, 0.2) is 24.3 Å². The van der Waals surface area contributed by atoms with Gasteiger partial charge in [0.15, 0.2) is 0 Å². The van der Waals surface area contributed by atoms with Crippen LogP contribution < -0.4 is 10.2 Å². The van der Waals surface area contributed by atoms with Gasteiger partial charge in [-0.25, -0.2) is 0 Å². The minimum atomic E-state index is 0.471. The lowest BCUT2D eigenvalue weighted by molar-refractivity contribution is 0.480. The van der Waals surface area contributed by atoms with Crippen molar-refractivity contribution in [2.24, 2.45) is 0 Å². The van der Waals surface area contributed by atoms with Gasteiger partial charge in [-0.1, -0.05) is 23.7 Å². The first kappa shape index (κ1) is 13.4. The summed E-state index contributed by atoms with van der Waals surface area (Å²) in [7, 11) is 0. The van der Waals surface area contributed by atoms with Crippen LogP contribution in [0.3, 0.4) is 0 Å². The molecule has 0 amide bonds. The molecule has 2 aromatic rings. The van der Waals surface area contributed by atoms with E-state index in [0.717, 1.165) is 48.4 Å². The van der Waals surface area contributed by atoms with Crippen molar-refractivity contribution >= 4 is 17.5 Å². The molecule has 2 heterocycles. The molecule has 20 heavy (non-hydrogen) atoms. The fourth-order valence-corrected chi connectivity index (χ4v) is 2.67. The van der Waals surface area contributed by atoms with E-state index in [4.69, 9.17) is 11.6 Å². The summed E-state index contributed by atoms with van der Waals surface area (Å²) in [6.45, 7) is 5.03. The molecule has 2 N–H and O–H groups in total. The fourth-order valence-electron chi connectivity index (χ4n) is 2.46. The van der Waals surface area contributed by atoms with Crippen molar-refractivity contribution in [2.75, 3.05) is 24.5 Å². The predicted octanol–water partition coefficient (Wildman–Crippen LogP) is 1.85. The largest absolute Gasteiger partial charge is 0.337 e. The third-order valence-corrected chi connectivity index (χ3v) is 3.67. The molecular formula is C14H18ClN5. The van der Waals surface area contributed by atoms with Gasteiger partial charge in [-0.2, -0.15) is 4.98 Å². The molecule has 3 rings (SSSR count). The highest BCUT2D eigenvalue weighted by Crippen LogP contribution is 2.15. The van der Waals surface area contributed by atoms with E-state index < -0.39 is 0 Å². The summed E-state index contributed by atoms with van der Waals surface area (Å²) in [6, 6.07) is 8.29. The summed E-state index contributed by atoms with van der Waals surface area (Å²) >= 11 is 5.99. The maximum absolute atomic E-state index is 5.99. The zero-order chi connectivity index (χ0) is 13.9. The Morgan fingerprint density at radius 3 is 3.15 bits per heavy atom. The van der Waals surface area contributed by atoms with Gasteiger partial charge in [-0.15, -0.1) is 5.10 Å². The first-order valence-corrected chi connectivity index (χ1v) is 7.22. The molecule has 1 aromatic carbocycles. The lowest BCUT2D eigenvalue weighted by atomic mass is 10.1. The van der Waals surface area contributed by atoms with Gasteiger partial charge in [0.25, 0.3) is 0 Å². The first-order valence-electron chi connectivity index (χ1n) is 6.85. The zero-order valence-corrected chi connectivity index (χ0v) is 12.2. The van der Waals surface area contributed by atoms with E-state index in [9.17, 15) is 0 Å². The average molecular weight is 292 g/mol. The van der Waals surface area contributed by atoms with Gasteiger partial charge in [0.05, 0.1) is 0 Å². The standard InChI is InChI=1S/C14H18ClN5/c1-10-9-20(6-5-16-10)14-17-13(18-19-14)8-11-3-2-4-12(15)7-11/h2-4,7,10,16H,5-6,8-9H2,1H3,(H,17,18,19)/t10-/m0/s1. The van der Waals surface area contributed by atoms with Crippen LogP contribution in [0.1, 0.15) is 18.3 Å². The Labute approximate surface area is 123 Å². The molecule has 0 saturated carbocycles. The topological polar surface area (TPSA) is 56.8 Å². The number of nitrogens with zero attached hydrogens (tertiary/aromatic N) is 3. The summed E-state index contributed by atoms with van der Waals surface area (Å²) in [5.74, 6) is 1.66. The van der Waals surface area contributed by atoms with Gasteiger partial charge < -0.3 is 10.2 Å². The van der Waals surface area contributed by atoms with Crippen molar-refractivity contribution in [3.8, 4) is 0 Å². The Kier molecular flexibility index (Phi) is 3.89. The number of aromatic amines is 1. The van der Waals surface area contributed by atoms with Crippen molar-refractivity contribution in [1.29, 1.82) is 0 Å². The zero-order valence-electron chi connectivity index (χ0n) is 11.4. The summed E-state index contributed by atoms with van der Waals surface area (Å²) < 4.78 is 0. The van der Waals surface area contributed by atoms with Crippen LogP contribution in [-0.2, 0) is 6.42 Å². The van der Waals surface area contributed by atoms with Crippen molar-refractivity contribution < 1.29 is 0 Å². The van der Waals surface area contributed by atoms with Crippen LogP contribution in [0.25, 0.3) is 0 Å². The number of halogens is 1. The predicted molar refractivity (Wildman–Crippen MR) is 80.3 cm³/mol. The molecule has 6 heteroatoms. The number of aromatic nitrogens is 3. The van der Waals surface area contributed by atoms with Crippen LogP contribution in [0.4, 0.5) is 5.95 Å². The number of nitrogens with one attached hydrogen (secondary N) is 2. The van der Waals surface area contributed by atoms with E-state index in [2.05, 4.69) is 32.3 Å². The summed E-state index contributed by atoms with van der Waals surface area (Å²) in [5, 5.41) is 11.5. The molecule has 106 valence electrons. The van der Waals surface area contributed by atoms with Crippen molar-refractivity contribution in [2.45, 2.75) is 19.4 Å². The van der Waals surface area contributed by atoms with Crippen LogP contribution in [0, 0.1) is 0 Å². The lowest BCUT2D eigenvalue weighted by Gasteiger charge is -2.30. The van der Waals surface area contributed by atoms with Crippen LogP contribution >= 0.6 is 11.6 Å². The summed E-state index contributed by atoms with van der Waals surface area (Å²) in [6.07, 6.45) is 0.717. The van der Waals surface area contributed by atoms with Gasteiger partial charge in [-0.05, 0) is 24.6 Å². The Morgan fingerprint density at radius 2 is 2.35 bits per heavy atom. The maximum Gasteiger partial charge on any atom is 0.244 e. The number of piperazine rings is 1. The van der Waals surface area contributed by atoms with Crippen LogP contribution in [-0.4, -0.2) is 40.9 Å². The van der Waals surface area contributed by atoms with E-state index in [0.29, 0.717) is 6.04 Å². The van der Waals surface area contributed by atoms with Gasteiger partial charge in [0, 0.05) is 37.1 Å². The number of anilines is 1. The summed E-state index contributed by atoms with van der Waals surface area (Å²) in [4.78, 5) is 6.79. The van der Waals surface area contributed by atoms with Crippen LogP contribution in [0.5, 0.6) is 0 Å². The number of H-pyrrole nitrogens is 1. The fraction of sp³-hybridized carbons (Fsp3) is 0.429. The molecule has 0 unspecified atom stereocenters. The minimum Gasteiger partial charge on any atom is -0.337 e. The Balaban J connectivity index is 1.70. The van der Waals surface area contributed by atoms with Crippen LogP contribution in [0.2, 0.25) is 5.02 Å². The quantitative estimate of drug-likeness (QED) is 0.906. The maximum atomic E-state index is 5.99. The second kappa shape index (κ2) is 5.81. The second-order valence-corrected chi connectivity index (χ2v) is 5.63. The van der Waals surface area contributed by atoms with E-state index in [-0.39, 0.29) is 0 Å².